The van der Waals surface area contributed by atoms with Crippen LogP contribution in [-0.4, -0.2) is 46.5 Å². The lowest BCUT2D eigenvalue weighted by molar-refractivity contribution is -0.190. The molecule has 2 aliphatic rings. The highest BCUT2D eigenvalue weighted by molar-refractivity contribution is 7.19. The Kier molecular flexibility index (Phi) is 5.15. The number of thiazole rings is 1. The van der Waals surface area contributed by atoms with E-state index in [4.69, 9.17) is 5.73 Å². The quantitative estimate of drug-likeness (QED) is 0.643. The topological polar surface area (TPSA) is 117 Å². The van der Waals surface area contributed by atoms with Crippen molar-refractivity contribution in [1.29, 1.82) is 0 Å². The number of primary amides is 1. The van der Waals surface area contributed by atoms with Gasteiger partial charge in [-0.15, -0.1) is 0 Å². The number of fused-ring (bicyclic) bond motifs is 1. The molecule has 1 saturated heterocycles. The average molecular weight is 467 g/mol. The molecule has 3 heterocycles. The Hall–Kier alpha value is -3.15. The molecule has 32 heavy (non-hydrogen) atoms. The van der Waals surface area contributed by atoms with Crippen LogP contribution in [0.2, 0.25) is 0 Å². The number of rotatable bonds is 3. The number of carbonyl (C=O) groups is 3. The van der Waals surface area contributed by atoms with E-state index in [2.05, 4.69) is 10.3 Å². The van der Waals surface area contributed by atoms with Crippen LogP contribution in [0.1, 0.15) is 41.4 Å². The molecule has 2 atom stereocenters. The van der Waals surface area contributed by atoms with Crippen molar-refractivity contribution in [3.8, 4) is 10.4 Å². The zero-order valence-electron chi connectivity index (χ0n) is 17.2. The minimum absolute atomic E-state index is 0.0317. The molecule has 8 nitrogen and oxygen atoms in total. The number of aryl methyl sites for hydroxylation is 1. The van der Waals surface area contributed by atoms with Crippen LogP contribution in [0.5, 0.6) is 0 Å². The van der Waals surface area contributed by atoms with E-state index >= 15 is 0 Å². The van der Waals surface area contributed by atoms with Crippen LogP contribution in [0.4, 0.5) is 23.1 Å². The summed E-state index contributed by atoms with van der Waals surface area (Å²) in [6.45, 7) is 2.98. The molecule has 0 radical (unpaired) electrons. The van der Waals surface area contributed by atoms with Crippen LogP contribution < -0.4 is 16.4 Å². The SMILES string of the molecule is Cc1nc(NC(=O)N2CCC[C@H]2C(N)=O)sc1-c1ccc2c(c1)C(C)(C(F)(F)F)NC2=O. The van der Waals surface area contributed by atoms with Gasteiger partial charge in [0.05, 0.1) is 10.6 Å². The summed E-state index contributed by atoms with van der Waals surface area (Å²) in [6, 6.07) is 3.04. The second-order valence-electron chi connectivity index (χ2n) is 7.95. The van der Waals surface area contributed by atoms with Crippen LogP contribution in [0.3, 0.4) is 0 Å². The van der Waals surface area contributed by atoms with E-state index in [0.29, 0.717) is 35.5 Å². The largest absolute Gasteiger partial charge is 0.415 e. The third-order valence-corrected chi connectivity index (χ3v) is 6.97. The third kappa shape index (κ3) is 3.48. The van der Waals surface area contributed by atoms with Crippen LogP contribution in [0.25, 0.3) is 10.4 Å². The molecule has 1 aromatic carbocycles. The number of benzene rings is 1. The molecule has 0 bridgehead atoms. The number of halogens is 3. The van der Waals surface area contributed by atoms with E-state index in [9.17, 15) is 27.6 Å². The molecule has 0 aliphatic carbocycles. The smallest absolute Gasteiger partial charge is 0.368 e. The maximum absolute atomic E-state index is 13.7. The van der Waals surface area contributed by atoms with Gasteiger partial charge in [-0.2, -0.15) is 13.2 Å². The fraction of sp³-hybridized carbons (Fsp3) is 0.400. The first-order valence-corrected chi connectivity index (χ1v) is 10.6. The highest BCUT2D eigenvalue weighted by atomic mass is 32.1. The number of urea groups is 1. The van der Waals surface area contributed by atoms with Crippen LogP contribution in [-0.2, 0) is 10.3 Å². The van der Waals surface area contributed by atoms with Gasteiger partial charge in [0.1, 0.15) is 6.04 Å². The van der Waals surface area contributed by atoms with Crippen molar-refractivity contribution in [3.05, 3.63) is 35.0 Å². The normalized spacial score (nSPS) is 22.6. The maximum atomic E-state index is 13.7. The number of nitrogens with zero attached hydrogens (tertiary/aromatic N) is 2. The van der Waals surface area contributed by atoms with Crippen LogP contribution >= 0.6 is 11.3 Å². The number of alkyl halides is 3. The third-order valence-electron chi connectivity index (χ3n) is 5.85. The summed E-state index contributed by atoms with van der Waals surface area (Å²) in [7, 11) is 0. The van der Waals surface area contributed by atoms with Crippen molar-refractivity contribution >= 4 is 34.3 Å². The fourth-order valence-corrected chi connectivity index (χ4v) is 5.02. The number of hydrogen-bond donors (Lipinski definition) is 3. The molecule has 4 rings (SSSR count). The van der Waals surface area contributed by atoms with Crippen molar-refractivity contribution in [2.45, 2.75) is 44.4 Å². The monoisotopic (exact) mass is 467 g/mol. The first-order valence-electron chi connectivity index (χ1n) is 9.81. The summed E-state index contributed by atoms with van der Waals surface area (Å²) >= 11 is 1.09. The molecular formula is C20H20F3N5O3S. The Morgan fingerprint density at radius 3 is 2.75 bits per heavy atom. The maximum Gasteiger partial charge on any atom is 0.415 e. The van der Waals surface area contributed by atoms with Gasteiger partial charge < -0.3 is 16.0 Å². The Morgan fingerprint density at radius 1 is 1.38 bits per heavy atom. The lowest BCUT2D eigenvalue weighted by Gasteiger charge is -2.28. The second-order valence-corrected chi connectivity index (χ2v) is 8.95. The minimum Gasteiger partial charge on any atom is -0.368 e. The first-order chi connectivity index (χ1) is 14.9. The van der Waals surface area contributed by atoms with Gasteiger partial charge in [0.2, 0.25) is 5.91 Å². The molecule has 1 unspecified atom stereocenters. The number of likely N-dealkylation sites (tertiary alicyclic amines) is 1. The Bertz CT molecular complexity index is 1130. The van der Waals surface area contributed by atoms with E-state index < -0.39 is 35.6 Å². The lowest BCUT2D eigenvalue weighted by atomic mass is 9.90. The molecule has 0 saturated carbocycles. The zero-order chi connectivity index (χ0) is 23.4. The molecule has 2 aliphatic heterocycles. The van der Waals surface area contributed by atoms with Gasteiger partial charge in [0.15, 0.2) is 10.7 Å². The van der Waals surface area contributed by atoms with Gasteiger partial charge in [-0.05, 0) is 49.9 Å². The summed E-state index contributed by atoms with van der Waals surface area (Å²) in [5.41, 5.74) is 3.61. The fourth-order valence-electron chi connectivity index (χ4n) is 4.07. The molecule has 170 valence electrons. The van der Waals surface area contributed by atoms with E-state index in [1.54, 1.807) is 13.0 Å². The van der Waals surface area contributed by atoms with Gasteiger partial charge in [0, 0.05) is 12.1 Å². The summed E-state index contributed by atoms with van der Waals surface area (Å²) in [5.74, 6) is -1.36. The van der Waals surface area contributed by atoms with Crippen LogP contribution in [0.15, 0.2) is 18.2 Å². The van der Waals surface area contributed by atoms with Crippen molar-refractivity contribution in [2.75, 3.05) is 11.9 Å². The van der Waals surface area contributed by atoms with Crippen molar-refractivity contribution in [3.63, 3.8) is 0 Å². The number of aromatic nitrogens is 1. The molecule has 4 amide bonds. The molecule has 1 fully saturated rings. The Morgan fingerprint density at radius 2 is 2.09 bits per heavy atom. The van der Waals surface area contributed by atoms with Crippen LogP contribution in [0, 0.1) is 6.92 Å². The number of nitrogens with one attached hydrogen (secondary N) is 2. The van der Waals surface area contributed by atoms with Gasteiger partial charge >= 0.3 is 12.2 Å². The van der Waals surface area contributed by atoms with E-state index in [-0.39, 0.29) is 16.3 Å². The van der Waals surface area contributed by atoms with E-state index in [0.717, 1.165) is 18.3 Å². The van der Waals surface area contributed by atoms with Gasteiger partial charge in [-0.1, -0.05) is 17.4 Å². The second kappa shape index (κ2) is 7.47. The van der Waals surface area contributed by atoms with Gasteiger partial charge in [-0.25, -0.2) is 9.78 Å². The molecule has 1 aromatic heterocycles. The minimum atomic E-state index is -4.68. The lowest BCUT2D eigenvalue weighted by Crippen LogP contribution is -2.49. The summed E-state index contributed by atoms with van der Waals surface area (Å²) in [5, 5.41) is 4.91. The van der Waals surface area contributed by atoms with Gasteiger partial charge in [-0.3, -0.25) is 14.9 Å². The molecule has 2 aromatic rings. The highest BCUT2D eigenvalue weighted by Gasteiger charge is 2.58. The number of anilines is 1. The summed E-state index contributed by atoms with van der Waals surface area (Å²) in [4.78, 5) is 42.4. The zero-order valence-corrected chi connectivity index (χ0v) is 18.0. The molecule has 4 N–H and O–H groups in total. The number of nitrogens with two attached hydrogens (primary N) is 1. The average Bonchev–Trinajstić information content (AvgIpc) is 3.39. The molecule has 12 heteroatoms. The van der Waals surface area contributed by atoms with E-state index in [1.165, 1.54) is 17.0 Å². The van der Waals surface area contributed by atoms with Crippen molar-refractivity contribution in [1.82, 2.24) is 15.2 Å². The number of amides is 4. The Labute approximate surface area is 185 Å². The van der Waals surface area contributed by atoms with Crippen molar-refractivity contribution < 1.29 is 27.6 Å². The van der Waals surface area contributed by atoms with Crippen molar-refractivity contribution in [2.24, 2.45) is 5.73 Å². The Balaban J connectivity index is 1.63. The molecule has 0 spiro atoms. The predicted octanol–water partition coefficient (Wildman–Crippen LogP) is 3.12. The number of carbonyl (C=O) groups excluding carboxylic acids is 3. The number of hydrogen-bond acceptors (Lipinski definition) is 5. The first kappa shape index (κ1) is 22.1. The summed E-state index contributed by atoms with van der Waals surface area (Å²) < 4.78 is 41.1. The standard InChI is InChI=1S/C20H20F3N5O3S/c1-9-14(32-17(25-9)26-18(31)28-7-3-4-13(28)15(24)29)10-5-6-11-12(8-10)19(2,20(21,22)23)27-16(11)30/h5-6,8,13H,3-4,7H2,1-2H3,(H2,24,29)(H,27,30)(H,25,26,31)/t13-,19?/m0/s1. The summed E-state index contributed by atoms with van der Waals surface area (Å²) in [6.07, 6.45) is -3.53. The highest BCUT2D eigenvalue weighted by Crippen LogP contribution is 2.45. The van der Waals surface area contributed by atoms with Gasteiger partial charge in [0.25, 0.3) is 5.91 Å². The predicted molar refractivity (Wildman–Crippen MR) is 111 cm³/mol. The molecular weight excluding hydrogens is 447 g/mol. The van der Waals surface area contributed by atoms with E-state index in [1.807, 2.05) is 5.32 Å².